The third kappa shape index (κ3) is 3.85. The minimum atomic E-state index is -0.609. The lowest BCUT2D eigenvalue weighted by Crippen LogP contribution is -2.26. The molecule has 1 aromatic carbocycles. The number of nitro benzene ring substituents is 1. The van der Waals surface area contributed by atoms with Crippen LogP contribution in [0.2, 0.25) is 0 Å². The summed E-state index contributed by atoms with van der Waals surface area (Å²) in [6.45, 7) is 2.10. The van der Waals surface area contributed by atoms with E-state index in [1.807, 2.05) is 0 Å². The number of azide groups is 1. The van der Waals surface area contributed by atoms with Gasteiger partial charge >= 0.3 is 5.69 Å². The monoisotopic (exact) mass is 279 g/mol. The van der Waals surface area contributed by atoms with Crippen LogP contribution in [0.15, 0.2) is 23.3 Å². The molecule has 1 aromatic rings. The van der Waals surface area contributed by atoms with Gasteiger partial charge in [-0.15, -0.1) is 0 Å². The Bertz CT molecular complexity index is 554. The van der Waals surface area contributed by atoms with E-state index in [9.17, 15) is 14.9 Å². The van der Waals surface area contributed by atoms with E-state index in [1.165, 1.54) is 18.2 Å². The van der Waals surface area contributed by atoms with E-state index >= 15 is 0 Å². The molecule has 9 heteroatoms. The van der Waals surface area contributed by atoms with Crippen LogP contribution in [0, 0.1) is 10.1 Å². The zero-order chi connectivity index (χ0) is 15.0. The lowest BCUT2D eigenvalue weighted by atomic mass is 10.1. The van der Waals surface area contributed by atoms with Crippen molar-refractivity contribution in [3.63, 3.8) is 0 Å². The molecule has 0 aliphatic heterocycles. The fourth-order valence-electron chi connectivity index (χ4n) is 1.50. The Morgan fingerprint density at radius 1 is 1.60 bits per heavy atom. The lowest BCUT2D eigenvalue weighted by Gasteiger charge is -2.10. The first-order valence-electron chi connectivity index (χ1n) is 5.81. The average molecular weight is 279 g/mol. The summed E-state index contributed by atoms with van der Waals surface area (Å²) in [7, 11) is 0. The van der Waals surface area contributed by atoms with Gasteiger partial charge in [-0.3, -0.25) is 14.9 Å². The second kappa shape index (κ2) is 7.59. The Hall–Kier alpha value is -2.80. The van der Waals surface area contributed by atoms with E-state index in [1.54, 1.807) is 6.92 Å². The maximum atomic E-state index is 11.9. The van der Waals surface area contributed by atoms with Crippen molar-refractivity contribution >= 4 is 11.6 Å². The summed E-state index contributed by atoms with van der Waals surface area (Å²) >= 11 is 0. The van der Waals surface area contributed by atoms with E-state index in [4.69, 9.17) is 10.3 Å². The Labute approximate surface area is 114 Å². The first-order valence-corrected chi connectivity index (χ1v) is 5.81. The van der Waals surface area contributed by atoms with Gasteiger partial charge in [0, 0.05) is 24.1 Å². The summed E-state index contributed by atoms with van der Waals surface area (Å²) < 4.78 is 5.19. The van der Waals surface area contributed by atoms with Crippen molar-refractivity contribution in [3.05, 3.63) is 44.3 Å². The summed E-state index contributed by atoms with van der Waals surface area (Å²) in [5, 5.41) is 16.7. The molecule has 0 heterocycles. The average Bonchev–Trinajstić information content (AvgIpc) is 2.43. The topological polar surface area (TPSA) is 130 Å². The molecule has 0 aliphatic carbocycles. The lowest BCUT2D eigenvalue weighted by molar-refractivity contribution is -0.385. The number of nitro groups is 1. The maximum Gasteiger partial charge on any atom is 0.311 e. The quantitative estimate of drug-likeness (QED) is 0.204. The van der Waals surface area contributed by atoms with Crippen molar-refractivity contribution in [1.82, 2.24) is 5.32 Å². The van der Waals surface area contributed by atoms with Crippen molar-refractivity contribution in [2.45, 2.75) is 6.92 Å². The normalized spacial score (nSPS) is 9.45. The zero-order valence-electron chi connectivity index (χ0n) is 10.8. The van der Waals surface area contributed by atoms with Gasteiger partial charge in [-0.25, -0.2) is 0 Å². The van der Waals surface area contributed by atoms with Crippen LogP contribution < -0.4 is 10.1 Å². The van der Waals surface area contributed by atoms with Crippen LogP contribution >= 0.6 is 0 Å². The minimum Gasteiger partial charge on any atom is -0.487 e. The van der Waals surface area contributed by atoms with Crippen LogP contribution in [0.1, 0.15) is 17.3 Å². The zero-order valence-corrected chi connectivity index (χ0v) is 10.8. The highest BCUT2D eigenvalue weighted by atomic mass is 16.6. The van der Waals surface area contributed by atoms with E-state index in [0.717, 1.165) is 0 Å². The molecule has 1 amide bonds. The van der Waals surface area contributed by atoms with Crippen LogP contribution in [0.5, 0.6) is 5.75 Å². The summed E-state index contributed by atoms with van der Waals surface area (Å²) in [6, 6.07) is 4.10. The molecule has 0 bridgehead atoms. The third-order valence-electron chi connectivity index (χ3n) is 2.28. The largest absolute Gasteiger partial charge is 0.487 e. The molecule has 0 fully saturated rings. The molecule has 0 atom stereocenters. The van der Waals surface area contributed by atoms with Gasteiger partial charge in [0.1, 0.15) is 0 Å². The predicted molar refractivity (Wildman–Crippen MR) is 70.6 cm³/mol. The Morgan fingerprint density at radius 2 is 2.35 bits per heavy atom. The van der Waals surface area contributed by atoms with E-state index in [2.05, 4.69) is 15.3 Å². The Balaban J connectivity index is 2.97. The van der Waals surface area contributed by atoms with Crippen LogP contribution in [0.4, 0.5) is 5.69 Å². The van der Waals surface area contributed by atoms with E-state index in [0.29, 0.717) is 0 Å². The highest BCUT2D eigenvalue weighted by molar-refractivity contribution is 5.98. The molecule has 0 unspecified atom stereocenters. The number of para-hydroxylation sites is 1. The van der Waals surface area contributed by atoms with Gasteiger partial charge < -0.3 is 10.1 Å². The molecule has 0 saturated carbocycles. The fourth-order valence-corrected chi connectivity index (χ4v) is 1.50. The molecule has 0 radical (unpaired) electrons. The number of amides is 1. The van der Waals surface area contributed by atoms with Crippen LogP contribution in [0.3, 0.4) is 0 Å². The van der Waals surface area contributed by atoms with Crippen LogP contribution in [0.25, 0.3) is 10.4 Å². The second-order valence-corrected chi connectivity index (χ2v) is 3.55. The van der Waals surface area contributed by atoms with Crippen molar-refractivity contribution in [1.29, 1.82) is 0 Å². The van der Waals surface area contributed by atoms with Crippen molar-refractivity contribution in [2.75, 3.05) is 19.7 Å². The van der Waals surface area contributed by atoms with Gasteiger partial charge in [0.15, 0.2) is 0 Å². The smallest absolute Gasteiger partial charge is 0.311 e. The van der Waals surface area contributed by atoms with Crippen LogP contribution in [-0.4, -0.2) is 30.5 Å². The number of nitrogens with zero attached hydrogens (tertiary/aromatic N) is 4. The number of hydrogen-bond acceptors (Lipinski definition) is 5. The van der Waals surface area contributed by atoms with Crippen molar-refractivity contribution in [2.24, 2.45) is 5.11 Å². The Morgan fingerprint density at radius 3 is 2.95 bits per heavy atom. The number of carbonyl (C=O) groups excluding carboxylic acids is 1. The SMILES string of the molecule is CCOc1c(C(=O)NCCN=[N+]=[N-])cccc1[N+](=O)[O-]. The fraction of sp³-hybridized carbons (Fsp3) is 0.364. The highest BCUT2D eigenvalue weighted by Gasteiger charge is 2.22. The third-order valence-corrected chi connectivity index (χ3v) is 2.28. The number of hydrogen-bond donors (Lipinski definition) is 1. The first kappa shape index (κ1) is 15.3. The molecule has 0 spiro atoms. The highest BCUT2D eigenvalue weighted by Crippen LogP contribution is 2.30. The summed E-state index contributed by atoms with van der Waals surface area (Å²) in [5.41, 5.74) is 7.91. The standard InChI is InChI=1S/C11H13N5O4/c1-2-20-10-8(4-3-5-9(10)16(18)19)11(17)13-6-7-14-15-12/h3-5H,2,6-7H2,1H3,(H,13,17). The van der Waals surface area contributed by atoms with Gasteiger partial charge in [-0.2, -0.15) is 0 Å². The Kier molecular flexibility index (Phi) is 5.79. The minimum absolute atomic E-state index is 0.0683. The summed E-state index contributed by atoms with van der Waals surface area (Å²) in [6.07, 6.45) is 0. The molecule has 106 valence electrons. The summed E-state index contributed by atoms with van der Waals surface area (Å²) in [5.74, 6) is -0.591. The molecular formula is C11H13N5O4. The number of carbonyl (C=O) groups is 1. The van der Waals surface area contributed by atoms with Crippen molar-refractivity contribution in [3.8, 4) is 5.75 Å². The van der Waals surface area contributed by atoms with Crippen molar-refractivity contribution < 1.29 is 14.5 Å². The molecule has 1 N–H and O–H groups in total. The molecular weight excluding hydrogens is 266 g/mol. The summed E-state index contributed by atoms with van der Waals surface area (Å²) in [4.78, 5) is 24.8. The van der Waals surface area contributed by atoms with E-state index in [-0.39, 0.29) is 36.7 Å². The van der Waals surface area contributed by atoms with Gasteiger partial charge in [0.05, 0.1) is 17.1 Å². The second-order valence-electron chi connectivity index (χ2n) is 3.55. The number of rotatable bonds is 7. The molecule has 0 aromatic heterocycles. The molecule has 1 rings (SSSR count). The first-order chi connectivity index (χ1) is 9.61. The molecule has 20 heavy (non-hydrogen) atoms. The van der Waals surface area contributed by atoms with E-state index < -0.39 is 10.8 Å². The number of nitrogens with one attached hydrogen (secondary N) is 1. The number of ether oxygens (including phenoxy) is 1. The van der Waals surface area contributed by atoms with Gasteiger partial charge in [-0.1, -0.05) is 11.2 Å². The molecule has 0 saturated heterocycles. The predicted octanol–water partition coefficient (Wildman–Crippen LogP) is 2.03. The van der Waals surface area contributed by atoms with Gasteiger partial charge in [0.25, 0.3) is 5.91 Å². The molecule has 9 nitrogen and oxygen atoms in total. The van der Waals surface area contributed by atoms with Crippen LogP contribution in [-0.2, 0) is 0 Å². The molecule has 0 aliphatic rings. The number of benzene rings is 1. The van der Waals surface area contributed by atoms with Gasteiger partial charge in [-0.05, 0) is 18.5 Å². The maximum absolute atomic E-state index is 11.9. The van der Waals surface area contributed by atoms with Gasteiger partial charge in [0.2, 0.25) is 5.75 Å².